The van der Waals surface area contributed by atoms with Crippen LogP contribution in [0.2, 0.25) is 0 Å². The minimum absolute atomic E-state index is 0.0526. The van der Waals surface area contributed by atoms with Gasteiger partial charge in [0.1, 0.15) is 11.3 Å². The lowest BCUT2D eigenvalue weighted by molar-refractivity contribution is -0.385. The smallest absolute Gasteiger partial charge is 0.313 e. The summed E-state index contributed by atoms with van der Waals surface area (Å²) in [5, 5.41) is 23.7. The molecular weight excluding hydrogens is 396 g/mol. The van der Waals surface area contributed by atoms with Crippen molar-refractivity contribution in [2.45, 2.75) is 18.9 Å². The Kier molecular flexibility index (Phi) is 6.17. The van der Waals surface area contributed by atoms with Crippen molar-refractivity contribution in [1.82, 2.24) is 5.32 Å². The Labute approximate surface area is 179 Å². The zero-order valence-corrected chi connectivity index (χ0v) is 16.7. The molecule has 3 aromatic rings. The Morgan fingerprint density at radius 3 is 2.58 bits per heavy atom. The van der Waals surface area contributed by atoms with Gasteiger partial charge in [-0.15, -0.1) is 0 Å². The fraction of sp³-hybridized carbons (Fsp3) is 0.130. The van der Waals surface area contributed by atoms with Crippen LogP contribution in [0.4, 0.5) is 11.4 Å². The number of hydrogen-bond donors (Lipinski definition) is 2. The molecule has 0 saturated carbocycles. The number of rotatable bonds is 7. The number of nitrogen functional groups attached to an aromatic ring is 1. The molecule has 0 spiro atoms. The third kappa shape index (κ3) is 5.36. The molecule has 0 radical (unpaired) electrons. The van der Waals surface area contributed by atoms with Crippen molar-refractivity contribution in [1.29, 1.82) is 5.26 Å². The Morgan fingerprint density at radius 2 is 1.90 bits per heavy atom. The first-order chi connectivity index (χ1) is 14.8. The largest absolute Gasteiger partial charge is 0.450 e. The topological polar surface area (TPSA) is 131 Å². The van der Waals surface area contributed by atoms with Crippen molar-refractivity contribution < 1.29 is 14.5 Å². The summed E-state index contributed by atoms with van der Waals surface area (Å²) in [7, 11) is 0. The molecule has 0 saturated heterocycles. The van der Waals surface area contributed by atoms with E-state index in [0.717, 1.165) is 0 Å². The van der Waals surface area contributed by atoms with Gasteiger partial charge >= 0.3 is 5.69 Å². The maximum Gasteiger partial charge on any atom is 0.313 e. The average Bonchev–Trinajstić information content (AvgIpc) is 2.75. The van der Waals surface area contributed by atoms with Gasteiger partial charge in [-0.2, -0.15) is 5.26 Å². The summed E-state index contributed by atoms with van der Waals surface area (Å²) in [6.45, 7) is 1.63. The maximum absolute atomic E-state index is 12.5. The van der Waals surface area contributed by atoms with E-state index in [4.69, 9.17) is 10.5 Å². The Hall–Kier alpha value is -4.38. The molecule has 0 aliphatic heterocycles. The molecule has 0 heterocycles. The van der Waals surface area contributed by atoms with E-state index >= 15 is 0 Å². The van der Waals surface area contributed by atoms with Gasteiger partial charge in [0.05, 0.1) is 11.0 Å². The van der Waals surface area contributed by atoms with Crippen molar-refractivity contribution in [2.24, 2.45) is 0 Å². The Balaban J connectivity index is 1.79. The Morgan fingerprint density at radius 1 is 1.16 bits per heavy atom. The molecule has 0 bridgehead atoms. The standard InChI is InChI=1S/C23H20N4O4/c1-23(15-24,26-22(28)17-7-3-2-4-8-17)14-16-6-5-9-19(12-16)31-21-11-10-18(25)13-20(21)27(29)30/h2-13H,14,25H2,1H3,(H,26,28). The fourth-order valence-electron chi connectivity index (χ4n) is 3.04. The van der Waals surface area contributed by atoms with E-state index < -0.39 is 10.5 Å². The maximum atomic E-state index is 12.5. The van der Waals surface area contributed by atoms with Crippen LogP contribution >= 0.6 is 0 Å². The van der Waals surface area contributed by atoms with Crippen LogP contribution in [0, 0.1) is 21.4 Å². The summed E-state index contributed by atoms with van der Waals surface area (Å²) < 4.78 is 5.70. The van der Waals surface area contributed by atoms with Crippen LogP contribution in [0.5, 0.6) is 11.5 Å². The van der Waals surface area contributed by atoms with Crippen LogP contribution in [0.15, 0.2) is 72.8 Å². The Bertz CT molecular complexity index is 1160. The van der Waals surface area contributed by atoms with Crippen molar-refractivity contribution in [2.75, 3.05) is 5.73 Å². The third-order valence-corrected chi connectivity index (χ3v) is 4.54. The summed E-state index contributed by atoms with van der Waals surface area (Å²) in [4.78, 5) is 23.2. The quantitative estimate of drug-likeness (QED) is 0.337. The molecule has 8 nitrogen and oxygen atoms in total. The fourth-order valence-corrected chi connectivity index (χ4v) is 3.04. The number of anilines is 1. The van der Waals surface area contributed by atoms with E-state index in [2.05, 4.69) is 11.4 Å². The van der Waals surface area contributed by atoms with E-state index in [0.29, 0.717) is 16.9 Å². The second-order valence-corrected chi connectivity index (χ2v) is 7.17. The summed E-state index contributed by atoms with van der Waals surface area (Å²) in [5.74, 6) is 0.0615. The molecule has 1 amide bonds. The van der Waals surface area contributed by atoms with Gasteiger partial charge in [-0.1, -0.05) is 30.3 Å². The number of ether oxygens (including phenoxy) is 1. The minimum Gasteiger partial charge on any atom is -0.450 e. The molecule has 1 unspecified atom stereocenters. The number of carbonyl (C=O) groups is 1. The minimum atomic E-state index is -1.17. The van der Waals surface area contributed by atoms with Crippen LogP contribution in [-0.2, 0) is 6.42 Å². The molecule has 3 rings (SSSR count). The van der Waals surface area contributed by atoms with Gasteiger partial charge < -0.3 is 15.8 Å². The van der Waals surface area contributed by atoms with E-state index in [9.17, 15) is 20.2 Å². The second kappa shape index (κ2) is 8.97. The van der Waals surface area contributed by atoms with Gasteiger partial charge in [-0.05, 0) is 48.9 Å². The van der Waals surface area contributed by atoms with E-state index in [1.807, 2.05) is 0 Å². The monoisotopic (exact) mass is 416 g/mol. The van der Waals surface area contributed by atoms with Gasteiger partial charge in [0.15, 0.2) is 0 Å². The molecule has 0 aliphatic rings. The first-order valence-corrected chi connectivity index (χ1v) is 9.39. The van der Waals surface area contributed by atoms with Crippen molar-refractivity contribution in [3.63, 3.8) is 0 Å². The number of amides is 1. The highest BCUT2D eigenvalue weighted by Crippen LogP contribution is 2.33. The van der Waals surface area contributed by atoms with Crippen LogP contribution in [0.1, 0.15) is 22.8 Å². The lowest BCUT2D eigenvalue weighted by Crippen LogP contribution is -2.46. The molecule has 3 aromatic carbocycles. The summed E-state index contributed by atoms with van der Waals surface area (Å²) in [6, 6.07) is 21.8. The molecule has 8 heteroatoms. The predicted molar refractivity (Wildman–Crippen MR) is 116 cm³/mol. The highest BCUT2D eigenvalue weighted by Gasteiger charge is 2.27. The molecule has 31 heavy (non-hydrogen) atoms. The van der Waals surface area contributed by atoms with Crippen LogP contribution in [0.25, 0.3) is 0 Å². The highest BCUT2D eigenvalue weighted by molar-refractivity contribution is 5.94. The predicted octanol–water partition coefficient (Wildman–Crippen LogP) is 4.22. The number of nitro groups is 1. The normalized spacial score (nSPS) is 12.3. The number of benzene rings is 3. The first kappa shape index (κ1) is 21.3. The molecule has 1 atom stereocenters. The van der Waals surface area contributed by atoms with E-state index in [-0.39, 0.29) is 29.5 Å². The van der Waals surface area contributed by atoms with Gasteiger partial charge in [0.2, 0.25) is 5.75 Å². The van der Waals surface area contributed by atoms with Crippen LogP contribution < -0.4 is 15.8 Å². The molecular formula is C23H20N4O4. The summed E-state index contributed by atoms with van der Waals surface area (Å²) in [5.41, 5.74) is 5.64. The average molecular weight is 416 g/mol. The lowest BCUT2D eigenvalue weighted by atomic mass is 9.93. The van der Waals surface area contributed by atoms with E-state index in [1.165, 1.54) is 18.2 Å². The number of nitrogens with zero attached hydrogens (tertiary/aromatic N) is 2. The number of carbonyl (C=O) groups excluding carboxylic acids is 1. The van der Waals surface area contributed by atoms with Gasteiger partial charge in [-0.3, -0.25) is 14.9 Å². The van der Waals surface area contributed by atoms with Crippen molar-refractivity contribution >= 4 is 17.3 Å². The highest BCUT2D eigenvalue weighted by atomic mass is 16.6. The SMILES string of the molecule is CC(C#N)(Cc1cccc(Oc2ccc(N)cc2[N+](=O)[O-])c1)NC(=O)c1ccccc1. The number of nitrogens with two attached hydrogens (primary N) is 1. The van der Waals surface area contributed by atoms with Gasteiger partial charge in [0, 0.05) is 23.7 Å². The molecule has 3 N–H and O–H groups in total. The zero-order chi connectivity index (χ0) is 22.4. The first-order valence-electron chi connectivity index (χ1n) is 9.39. The molecule has 0 aliphatic carbocycles. The number of nitro benzene ring substituents is 1. The van der Waals surface area contributed by atoms with Gasteiger partial charge in [0.25, 0.3) is 5.91 Å². The van der Waals surface area contributed by atoms with Crippen molar-refractivity contribution in [3.8, 4) is 17.6 Å². The number of nitrogens with one attached hydrogen (secondary N) is 1. The van der Waals surface area contributed by atoms with Gasteiger partial charge in [-0.25, -0.2) is 0 Å². The number of hydrogen-bond acceptors (Lipinski definition) is 6. The third-order valence-electron chi connectivity index (χ3n) is 4.54. The van der Waals surface area contributed by atoms with E-state index in [1.54, 1.807) is 61.5 Å². The molecule has 0 fully saturated rings. The van der Waals surface area contributed by atoms with Crippen molar-refractivity contribution in [3.05, 3.63) is 94.0 Å². The summed E-state index contributed by atoms with van der Waals surface area (Å²) in [6.07, 6.45) is 0.211. The molecule has 156 valence electrons. The number of nitriles is 1. The zero-order valence-electron chi connectivity index (χ0n) is 16.7. The molecule has 0 aromatic heterocycles. The van der Waals surface area contributed by atoms with Crippen LogP contribution in [-0.4, -0.2) is 16.4 Å². The van der Waals surface area contributed by atoms with Crippen LogP contribution in [0.3, 0.4) is 0 Å². The second-order valence-electron chi connectivity index (χ2n) is 7.17. The lowest BCUT2D eigenvalue weighted by Gasteiger charge is -2.23. The summed E-state index contributed by atoms with van der Waals surface area (Å²) >= 11 is 0.